The summed E-state index contributed by atoms with van der Waals surface area (Å²) in [4.78, 5) is 24.3. The van der Waals surface area contributed by atoms with Gasteiger partial charge in [-0.25, -0.2) is 0 Å². The van der Waals surface area contributed by atoms with Crippen LogP contribution in [0.5, 0.6) is 0 Å². The van der Waals surface area contributed by atoms with E-state index in [1.165, 1.54) is 12.0 Å². The fourth-order valence-electron chi connectivity index (χ4n) is 5.31. The van der Waals surface area contributed by atoms with E-state index in [0.717, 1.165) is 48.2 Å². The molecule has 2 atom stereocenters. The molecule has 4 rings (SSSR count). The van der Waals surface area contributed by atoms with Crippen LogP contribution >= 0.6 is 0 Å². The van der Waals surface area contributed by atoms with Crippen LogP contribution in [0, 0.1) is 0 Å². The van der Waals surface area contributed by atoms with Crippen molar-refractivity contribution < 1.29 is 14.7 Å². The molecule has 184 valence electrons. The molecular weight excluding hydrogens is 438 g/mol. The SMILES string of the molecule is CCc1nn(Cc2ccc(C(=O)NC3CCCC(c4ccccc4)C3)cc2)c(CC)c1CC(=O)O. The Balaban J connectivity index is 1.40. The normalized spacial score (nSPS) is 17.8. The lowest BCUT2D eigenvalue weighted by molar-refractivity contribution is -0.136. The van der Waals surface area contributed by atoms with Crippen LogP contribution in [0.2, 0.25) is 0 Å². The average molecular weight is 474 g/mol. The monoisotopic (exact) mass is 473 g/mol. The number of amides is 1. The topological polar surface area (TPSA) is 84.2 Å². The smallest absolute Gasteiger partial charge is 0.307 e. The highest BCUT2D eigenvalue weighted by molar-refractivity contribution is 5.94. The van der Waals surface area contributed by atoms with Crippen molar-refractivity contribution in [2.45, 2.75) is 77.3 Å². The first-order valence-electron chi connectivity index (χ1n) is 12.7. The molecule has 1 aromatic heterocycles. The number of nitrogens with one attached hydrogen (secondary N) is 1. The Bertz CT molecular complexity index is 1150. The molecule has 0 bridgehead atoms. The third kappa shape index (κ3) is 5.99. The molecule has 2 unspecified atom stereocenters. The summed E-state index contributed by atoms with van der Waals surface area (Å²) in [5, 5.41) is 17.2. The zero-order chi connectivity index (χ0) is 24.8. The van der Waals surface area contributed by atoms with E-state index in [9.17, 15) is 14.7 Å². The number of carboxylic acid groups (broad SMARTS) is 1. The molecule has 1 aliphatic rings. The Morgan fingerprint density at radius 1 is 1.03 bits per heavy atom. The van der Waals surface area contributed by atoms with Gasteiger partial charge in [-0.2, -0.15) is 5.10 Å². The van der Waals surface area contributed by atoms with Gasteiger partial charge in [-0.3, -0.25) is 14.3 Å². The molecule has 0 radical (unpaired) electrons. The molecule has 2 aromatic carbocycles. The number of hydrogen-bond acceptors (Lipinski definition) is 3. The second-order valence-corrected chi connectivity index (χ2v) is 9.45. The molecule has 2 N–H and O–H groups in total. The Labute approximate surface area is 207 Å². The largest absolute Gasteiger partial charge is 0.481 e. The van der Waals surface area contributed by atoms with Gasteiger partial charge in [0.05, 0.1) is 18.7 Å². The van der Waals surface area contributed by atoms with Crippen LogP contribution in [0.25, 0.3) is 0 Å². The minimum atomic E-state index is -0.836. The summed E-state index contributed by atoms with van der Waals surface area (Å²) >= 11 is 0. The van der Waals surface area contributed by atoms with E-state index in [1.54, 1.807) is 0 Å². The number of benzene rings is 2. The summed E-state index contributed by atoms with van der Waals surface area (Å²) < 4.78 is 1.91. The van der Waals surface area contributed by atoms with Crippen LogP contribution in [0.3, 0.4) is 0 Å². The zero-order valence-corrected chi connectivity index (χ0v) is 20.7. The highest BCUT2D eigenvalue weighted by atomic mass is 16.4. The molecule has 6 heteroatoms. The maximum atomic E-state index is 12.9. The molecule has 1 heterocycles. The first-order chi connectivity index (χ1) is 17.0. The van der Waals surface area contributed by atoms with Crippen molar-refractivity contribution >= 4 is 11.9 Å². The van der Waals surface area contributed by atoms with Crippen molar-refractivity contribution in [2.24, 2.45) is 0 Å². The second kappa shape index (κ2) is 11.3. The predicted molar refractivity (Wildman–Crippen MR) is 137 cm³/mol. The van der Waals surface area contributed by atoms with Gasteiger partial charge in [0.1, 0.15) is 0 Å². The summed E-state index contributed by atoms with van der Waals surface area (Å²) in [6, 6.07) is 18.4. The van der Waals surface area contributed by atoms with E-state index in [-0.39, 0.29) is 18.4 Å². The van der Waals surface area contributed by atoms with Crippen molar-refractivity contribution in [2.75, 3.05) is 0 Å². The van der Waals surface area contributed by atoms with Gasteiger partial charge >= 0.3 is 5.97 Å². The number of aliphatic carboxylic acids is 1. The molecule has 1 aliphatic carbocycles. The van der Waals surface area contributed by atoms with Gasteiger partial charge in [-0.1, -0.05) is 62.7 Å². The minimum Gasteiger partial charge on any atom is -0.481 e. The minimum absolute atomic E-state index is 0.00223. The van der Waals surface area contributed by atoms with Crippen molar-refractivity contribution in [1.29, 1.82) is 0 Å². The van der Waals surface area contributed by atoms with Crippen LogP contribution in [-0.2, 0) is 30.6 Å². The van der Waals surface area contributed by atoms with Crippen LogP contribution in [0.1, 0.15) is 83.9 Å². The van der Waals surface area contributed by atoms with E-state index in [0.29, 0.717) is 24.4 Å². The molecule has 6 nitrogen and oxygen atoms in total. The maximum absolute atomic E-state index is 12.9. The number of hydrogen-bond donors (Lipinski definition) is 2. The van der Waals surface area contributed by atoms with E-state index >= 15 is 0 Å². The van der Waals surface area contributed by atoms with E-state index in [2.05, 4.69) is 34.7 Å². The number of aromatic nitrogens is 2. The van der Waals surface area contributed by atoms with Crippen LogP contribution in [0.15, 0.2) is 54.6 Å². The highest BCUT2D eigenvalue weighted by Gasteiger charge is 2.25. The van der Waals surface area contributed by atoms with E-state index in [4.69, 9.17) is 0 Å². The third-order valence-electron chi connectivity index (χ3n) is 7.08. The number of aryl methyl sites for hydroxylation is 1. The second-order valence-electron chi connectivity index (χ2n) is 9.45. The lowest BCUT2D eigenvalue weighted by Crippen LogP contribution is -2.38. The molecule has 0 aliphatic heterocycles. The number of carbonyl (C=O) groups excluding carboxylic acids is 1. The summed E-state index contributed by atoms with van der Waals surface area (Å²) in [7, 11) is 0. The van der Waals surface area contributed by atoms with Gasteiger partial charge in [-0.15, -0.1) is 0 Å². The molecule has 1 amide bonds. The highest BCUT2D eigenvalue weighted by Crippen LogP contribution is 2.32. The van der Waals surface area contributed by atoms with Crippen LogP contribution in [0.4, 0.5) is 0 Å². The van der Waals surface area contributed by atoms with Crippen molar-refractivity contribution in [3.63, 3.8) is 0 Å². The van der Waals surface area contributed by atoms with Gasteiger partial charge in [0.15, 0.2) is 0 Å². The lowest BCUT2D eigenvalue weighted by atomic mass is 9.81. The van der Waals surface area contributed by atoms with Crippen LogP contribution in [-0.4, -0.2) is 32.8 Å². The summed E-state index contributed by atoms with van der Waals surface area (Å²) in [5.74, 6) is -0.364. The van der Waals surface area contributed by atoms with Crippen molar-refractivity contribution in [1.82, 2.24) is 15.1 Å². The molecule has 0 spiro atoms. The Morgan fingerprint density at radius 3 is 2.43 bits per heavy atom. The van der Waals surface area contributed by atoms with Crippen molar-refractivity contribution in [3.05, 3.63) is 88.2 Å². The standard InChI is InChI=1S/C29H35N3O3/c1-3-26-25(18-28(33)34)27(4-2)32(31-26)19-20-13-15-22(16-14-20)29(35)30-24-12-8-11-23(17-24)21-9-6-5-7-10-21/h5-7,9-10,13-16,23-24H,3-4,8,11-12,17-19H2,1-2H3,(H,30,35)(H,33,34). The number of nitrogens with zero attached hydrogens (tertiary/aromatic N) is 2. The van der Waals surface area contributed by atoms with Gasteiger partial charge in [-0.05, 0) is 61.3 Å². The maximum Gasteiger partial charge on any atom is 0.307 e. The van der Waals surface area contributed by atoms with E-state index < -0.39 is 5.97 Å². The molecular formula is C29H35N3O3. The fraction of sp³-hybridized carbons (Fsp3) is 0.414. The number of rotatable bonds is 9. The quantitative estimate of drug-likeness (QED) is 0.451. The average Bonchev–Trinajstić information content (AvgIpc) is 3.20. The first kappa shape index (κ1) is 24.7. The lowest BCUT2D eigenvalue weighted by Gasteiger charge is -2.30. The molecule has 1 fully saturated rings. The van der Waals surface area contributed by atoms with Gasteiger partial charge in [0.25, 0.3) is 5.91 Å². The summed E-state index contributed by atoms with van der Waals surface area (Å²) in [5.41, 5.74) is 5.70. The molecule has 35 heavy (non-hydrogen) atoms. The molecule has 0 saturated heterocycles. The molecule has 3 aromatic rings. The Hall–Kier alpha value is -3.41. The number of carboxylic acids is 1. The number of carbonyl (C=O) groups is 2. The Morgan fingerprint density at radius 2 is 1.77 bits per heavy atom. The van der Waals surface area contributed by atoms with Gasteiger partial charge in [0.2, 0.25) is 0 Å². The van der Waals surface area contributed by atoms with Crippen LogP contribution < -0.4 is 5.32 Å². The first-order valence-corrected chi connectivity index (χ1v) is 12.7. The summed E-state index contributed by atoms with van der Waals surface area (Å²) in [6.45, 7) is 4.58. The third-order valence-corrected chi connectivity index (χ3v) is 7.08. The Kier molecular flexibility index (Phi) is 8.01. The summed E-state index contributed by atoms with van der Waals surface area (Å²) in [6.07, 6.45) is 5.71. The van der Waals surface area contributed by atoms with E-state index in [1.807, 2.05) is 48.9 Å². The predicted octanol–water partition coefficient (Wildman–Crippen LogP) is 5.14. The zero-order valence-electron chi connectivity index (χ0n) is 20.7. The van der Waals surface area contributed by atoms with Gasteiger partial charge in [0, 0.05) is 22.9 Å². The fourth-order valence-corrected chi connectivity index (χ4v) is 5.31. The van der Waals surface area contributed by atoms with Crippen molar-refractivity contribution in [3.8, 4) is 0 Å². The molecule has 1 saturated carbocycles. The van der Waals surface area contributed by atoms with Gasteiger partial charge < -0.3 is 10.4 Å².